The zero-order valence-corrected chi connectivity index (χ0v) is 14.8. The molecule has 0 radical (unpaired) electrons. The first-order valence-electron chi connectivity index (χ1n) is 6.72. The second kappa shape index (κ2) is 6.69. The quantitative estimate of drug-likeness (QED) is 0.550. The van der Waals surface area contributed by atoms with Crippen LogP contribution in [0.2, 0.25) is 0 Å². The highest BCUT2D eigenvalue weighted by Gasteiger charge is 2.31. The van der Waals surface area contributed by atoms with E-state index in [0.29, 0.717) is 12.5 Å². The molecule has 134 valence electrons. The van der Waals surface area contributed by atoms with E-state index in [2.05, 4.69) is 0 Å². The van der Waals surface area contributed by atoms with Crippen LogP contribution < -0.4 is 8.45 Å². The number of ether oxygens (including phenoxy) is 1. The van der Waals surface area contributed by atoms with Crippen molar-refractivity contribution in [3.05, 3.63) is 58.6 Å². The number of benzene rings is 2. The van der Waals surface area contributed by atoms with Gasteiger partial charge in [0.05, 0.1) is 23.5 Å². The van der Waals surface area contributed by atoms with Crippen LogP contribution in [0.15, 0.2) is 48.5 Å². The molecule has 0 atom stereocenters. The molecule has 0 amide bonds. The fourth-order valence-electron chi connectivity index (χ4n) is 2.07. The summed E-state index contributed by atoms with van der Waals surface area (Å²) < 4.78 is 53.5. The molecule has 0 aliphatic rings. The van der Waals surface area contributed by atoms with Gasteiger partial charge >= 0.3 is 0 Å². The van der Waals surface area contributed by atoms with Gasteiger partial charge in [-0.15, -0.1) is 0 Å². The zero-order chi connectivity index (χ0) is 18.8. The summed E-state index contributed by atoms with van der Waals surface area (Å²) >= 11 is 0. The average Bonchev–Trinajstić information content (AvgIpc) is 2.47. The van der Waals surface area contributed by atoms with Gasteiger partial charge < -0.3 is 4.74 Å². The molecule has 0 saturated carbocycles. The van der Waals surface area contributed by atoms with Crippen molar-refractivity contribution >= 4 is 31.4 Å². The van der Waals surface area contributed by atoms with Crippen LogP contribution in [0, 0.1) is 10.1 Å². The smallest absolute Gasteiger partial charge is 0.273 e. The van der Waals surface area contributed by atoms with Crippen LogP contribution in [0.5, 0.6) is 11.5 Å². The average molecular weight is 386 g/mol. The number of non-ortho nitro benzene ring substituents is 1. The van der Waals surface area contributed by atoms with E-state index in [1.807, 2.05) is 0 Å². The van der Waals surface area contributed by atoms with Gasteiger partial charge in [-0.25, -0.2) is 16.8 Å². The largest absolute Gasteiger partial charge is 0.455 e. The van der Waals surface area contributed by atoms with Gasteiger partial charge in [-0.05, 0) is 18.2 Å². The molecular formula is C14H14N2O7S2. The predicted octanol–water partition coefficient (Wildman–Crippen LogP) is 2.11. The molecule has 0 aliphatic carbocycles. The molecule has 9 nitrogen and oxygen atoms in total. The molecule has 0 bridgehead atoms. The zero-order valence-electron chi connectivity index (χ0n) is 13.2. The van der Waals surface area contributed by atoms with Gasteiger partial charge in [0.2, 0.25) is 20.0 Å². The third-order valence-corrected chi connectivity index (χ3v) is 6.15. The van der Waals surface area contributed by atoms with Crippen molar-refractivity contribution < 1.29 is 26.5 Å². The van der Waals surface area contributed by atoms with Gasteiger partial charge in [-0.2, -0.15) is 3.71 Å². The molecule has 0 unspecified atom stereocenters. The van der Waals surface area contributed by atoms with E-state index in [4.69, 9.17) is 4.74 Å². The summed E-state index contributed by atoms with van der Waals surface area (Å²) in [6.07, 6.45) is 1.42. The summed E-state index contributed by atoms with van der Waals surface area (Å²) in [4.78, 5) is 10.3. The summed E-state index contributed by atoms with van der Waals surface area (Å²) in [7, 11) is -8.46. The minimum Gasteiger partial charge on any atom is -0.455 e. The monoisotopic (exact) mass is 386 g/mol. The molecule has 0 heterocycles. The molecule has 0 aromatic heterocycles. The predicted molar refractivity (Wildman–Crippen MR) is 91.8 cm³/mol. The SMILES string of the molecule is CS(=O)(=O)N(c1ccc([N+](=O)[O-])cc1Oc1ccccc1)S(C)(=O)=O. The lowest BCUT2D eigenvalue weighted by Gasteiger charge is -2.22. The van der Waals surface area contributed by atoms with Gasteiger partial charge in [0.25, 0.3) is 5.69 Å². The highest BCUT2D eigenvalue weighted by molar-refractivity contribution is 8.09. The topological polar surface area (TPSA) is 124 Å². The Morgan fingerprint density at radius 3 is 2.00 bits per heavy atom. The molecular weight excluding hydrogens is 372 g/mol. The van der Waals surface area contributed by atoms with Crippen molar-refractivity contribution in [2.45, 2.75) is 0 Å². The van der Waals surface area contributed by atoms with Crippen molar-refractivity contribution in [1.82, 2.24) is 0 Å². The molecule has 2 rings (SSSR count). The maximum Gasteiger partial charge on any atom is 0.273 e. The third kappa shape index (κ3) is 4.45. The Hall–Kier alpha value is -2.66. The van der Waals surface area contributed by atoms with Crippen LogP contribution in [0.1, 0.15) is 0 Å². The lowest BCUT2D eigenvalue weighted by atomic mass is 10.2. The molecule has 0 N–H and O–H groups in total. The highest BCUT2D eigenvalue weighted by atomic mass is 32.3. The maximum absolute atomic E-state index is 12.0. The first-order chi connectivity index (χ1) is 11.5. The Kier molecular flexibility index (Phi) is 4.99. The Morgan fingerprint density at radius 1 is 0.960 bits per heavy atom. The first kappa shape index (κ1) is 18.7. The van der Waals surface area contributed by atoms with Gasteiger partial charge in [0.15, 0.2) is 5.75 Å². The number of para-hydroxylation sites is 1. The van der Waals surface area contributed by atoms with Crippen molar-refractivity contribution in [3.8, 4) is 11.5 Å². The first-order valence-corrected chi connectivity index (χ1v) is 10.4. The fourth-order valence-corrected chi connectivity index (χ4v) is 5.05. The summed E-state index contributed by atoms with van der Waals surface area (Å²) in [5.41, 5.74) is -0.726. The van der Waals surface area contributed by atoms with E-state index in [1.54, 1.807) is 18.2 Å². The van der Waals surface area contributed by atoms with Gasteiger partial charge in [-0.1, -0.05) is 18.2 Å². The number of nitro groups is 1. The van der Waals surface area contributed by atoms with Crippen LogP contribution in [0.4, 0.5) is 11.4 Å². The molecule has 0 spiro atoms. The fraction of sp³-hybridized carbons (Fsp3) is 0.143. The lowest BCUT2D eigenvalue weighted by Crippen LogP contribution is -2.35. The number of hydrogen-bond donors (Lipinski definition) is 0. The van der Waals surface area contributed by atoms with Crippen LogP contribution in [0.3, 0.4) is 0 Å². The third-order valence-electron chi connectivity index (χ3n) is 2.92. The molecule has 25 heavy (non-hydrogen) atoms. The van der Waals surface area contributed by atoms with E-state index >= 15 is 0 Å². The molecule has 0 saturated heterocycles. The normalized spacial score (nSPS) is 11.8. The summed E-state index contributed by atoms with van der Waals surface area (Å²) in [6, 6.07) is 11.0. The lowest BCUT2D eigenvalue weighted by molar-refractivity contribution is -0.384. The molecule has 2 aromatic carbocycles. The molecule has 0 fully saturated rings. The Morgan fingerprint density at radius 2 is 1.52 bits per heavy atom. The second-order valence-electron chi connectivity index (χ2n) is 5.05. The van der Waals surface area contributed by atoms with E-state index in [-0.39, 0.29) is 26.6 Å². The maximum atomic E-state index is 12.0. The van der Waals surface area contributed by atoms with Crippen molar-refractivity contribution in [2.24, 2.45) is 0 Å². The van der Waals surface area contributed by atoms with Gasteiger partial charge in [0.1, 0.15) is 11.4 Å². The van der Waals surface area contributed by atoms with E-state index in [0.717, 1.165) is 18.2 Å². The number of rotatable bonds is 6. The second-order valence-corrected chi connectivity index (χ2v) is 8.94. The molecule has 0 aliphatic heterocycles. The van der Waals surface area contributed by atoms with Gasteiger partial charge in [-0.3, -0.25) is 10.1 Å². The van der Waals surface area contributed by atoms with Crippen LogP contribution >= 0.6 is 0 Å². The number of nitrogens with zero attached hydrogens (tertiary/aromatic N) is 2. The summed E-state index contributed by atoms with van der Waals surface area (Å²) in [5, 5.41) is 11.0. The number of anilines is 1. The van der Waals surface area contributed by atoms with E-state index in [1.165, 1.54) is 12.1 Å². The summed E-state index contributed by atoms with van der Waals surface area (Å²) in [5.74, 6) is -0.0255. The van der Waals surface area contributed by atoms with Crippen molar-refractivity contribution in [1.29, 1.82) is 0 Å². The van der Waals surface area contributed by atoms with Gasteiger partial charge in [0, 0.05) is 6.07 Å². The van der Waals surface area contributed by atoms with Crippen molar-refractivity contribution in [3.63, 3.8) is 0 Å². The number of sulfonamides is 2. The Labute approximate surface area is 144 Å². The molecule has 2 aromatic rings. The Bertz CT molecular complexity index is 971. The van der Waals surface area contributed by atoms with Crippen LogP contribution in [-0.2, 0) is 20.0 Å². The Balaban J connectivity index is 2.70. The summed E-state index contributed by atoms with van der Waals surface area (Å²) in [6.45, 7) is 0. The van der Waals surface area contributed by atoms with Crippen molar-refractivity contribution in [2.75, 3.05) is 16.2 Å². The highest BCUT2D eigenvalue weighted by Crippen LogP contribution is 2.37. The standard InChI is InChI=1S/C14H14N2O7S2/c1-24(19,20)16(25(2,21)22)13-9-8-11(15(17)18)10-14(13)23-12-6-4-3-5-7-12/h3-10H,1-2H3. The van der Waals surface area contributed by atoms with Crippen LogP contribution in [-0.4, -0.2) is 34.3 Å². The number of nitro benzene ring substituents is 1. The van der Waals surface area contributed by atoms with E-state index in [9.17, 15) is 26.9 Å². The van der Waals surface area contributed by atoms with Crippen LogP contribution in [0.25, 0.3) is 0 Å². The molecule has 11 heteroatoms. The van der Waals surface area contributed by atoms with E-state index < -0.39 is 25.0 Å². The minimum absolute atomic E-state index is 0.169. The minimum atomic E-state index is -4.23. The number of hydrogen-bond acceptors (Lipinski definition) is 7.